The Morgan fingerprint density at radius 3 is 2.83 bits per heavy atom. The number of nitrogens with one attached hydrogen (secondary N) is 1. The topological polar surface area (TPSA) is 21.3 Å². The molecule has 12 heavy (non-hydrogen) atoms. The first kappa shape index (κ1) is 10.3. The predicted molar refractivity (Wildman–Crippen MR) is 51.6 cm³/mol. The van der Waals surface area contributed by atoms with Crippen LogP contribution >= 0.6 is 23.2 Å². The van der Waals surface area contributed by atoms with Gasteiger partial charge in [0.2, 0.25) is 0 Å². The van der Waals surface area contributed by atoms with Gasteiger partial charge >= 0.3 is 0 Å². The molecule has 2 nitrogen and oxygen atoms in total. The van der Waals surface area contributed by atoms with Crippen molar-refractivity contribution in [2.45, 2.75) is 25.0 Å². The summed E-state index contributed by atoms with van der Waals surface area (Å²) in [6, 6.07) is 0.542. The highest BCUT2D eigenvalue weighted by Crippen LogP contribution is 2.22. The molecule has 0 aromatic heterocycles. The van der Waals surface area contributed by atoms with Crippen LogP contribution in [-0.4, -0.2) is 25.8 Å². The molecule has 0 amide bonds. The minimum absolute atomic E-state index is 0.432. The van der Waals surface area contributed by atoms with E-state index < -0.39 is 0 Å². The van der Waals surface area contributed by atoms with Gasteiger partial charge in [0.05, 0.1) is 6.10 Å². The van der Waals surface area contributed by atoms with E-state index in [1.54, 1.807) is 7.11 Å². The van der Waals surface area contributed by atoms with E-state index in [2.05, 4.69) is 5.32 Å². The van der Waals surface area contributed by atoms with Crippen LogP contribution in [0, 0.1) is 0 Å². The van der Waals surface area contributed by atoms with E-state index in [0.717, 1.165) is 12.8 Å². The molecule has 4 heteroatoms. The van der Waals surface area contributed by atoms with Gasteiger partial charge in [-0.15, -0.1) is 0 Å². The summed E-state index contributed by atoms with van der Waals surface area (Å²) in [5.74, 6) is 0. The number of methoxy groups -OCH3 is 1. The van der Waals surface area contributed by atoms with Crippen molar-refractivity contribution in [3.8, 4) is 0 Å². The molecule has 0 aliphatic heterocycles. The largest absolute Gasteiger partial charge is 0.381 e. The van der Waals surface area contributed by atoms with E-state index in [9.17, 15) is 0 Å². The van der Waals surface area contributed by atoms with Gasteiger partial charge in [-0.25, -0.2) is 0 Å². The Kier molecular flexibility index (Phi) is 4.36. The molecule has 70 valence electrons. The van der Waals surface area contributed by atoms with Crippen molar-refractivity contribution in [1.82, 2.24) is 5.32 Å². The third-order valence-electron chi connectivity index (χ3n) is 2.11. The van der Waals surface area contributed by atoms with Crippen molar-refractivity contribution in [3.63, 3.8) is 0 Å². The molecule has 1 saturated carbocycles. The van der Waals surface area contributed by atoms with Crippen molar-refractivity contribution < 1.29 is 4.74 Å². The summed E-state index contributed by atoms with van der Waals surface area (Å²) in [5, 5.41) is 3.92. The van der Waals surface area contributed by atoms with E-state index in [4.69, 9.17) is 27.9 Å². The lowest BCUT2D eigenvalue weighted by Gasteiger charge is -2.34. The Morgan fingerprint density at radius 2 is 2.33 bits per heavy atom. The monoisotopic (exact) mass is 209 g/mol. The molecule has 0 aromatic carbocycles. The van der Waals surface area contributed by atoms with Gasteiger partial charge in [-0.2, -0.15) is 0 Å². The van der Waals surface area contributed by atoms with E-state index in [-0.39, 0.29) is 0 Å². The van der Waals surface area contributed by atoms with Gasteiger partial charge in [0.15, 0.2) is 0 Å². The zero-order valence-corrected chi connectivity index (χ0v) is 8.53. The highest BCUT2D eigenvalue weighted by Gasteiger charge is 2.28. The molecule has 0 spiro atoms. The zero-order chi connectivity index (χ0) is 8.97. The van der Waals surface area contributed by atoms with Crippen LogP contribution in [0.1, 0.15) is 12.8 Å². The molecule has 0 atom stereocenters. The molecule has 1 N–H and O–H groups in total. The van der Waals surface area contributed by atoms with Crippen LogP contribution < -0.4 is 5.32 Å². The van der Waals surface area contributed by atoms with Gasteiger partial charge in [0, 0.05) is 30.3 Å². The lowest BCUT2D eigenvalue weighted by molar-refractivity contribution is 0.0184. The van der Waals surface area contributed by atoms with Crippen LogP contribution in [0.15, 0.2) is 10.6 Å². The number of halogens is 2. The Labute approximate surface area is 82.9 Å². The molecule has 0 radical (unpaired) electrons. The van der Waals surface area contributed by atoms with E-state index in [1.807, 2.05) is 0 Å². The maximum absolute atomic E-state index is 5.70. The van der Waals surface area contributed by atoms with E-state index >= 15 is 0 Å². The van der Waals surface area contributed by atoms with Crippen LogP contribution in [0.4, 0.5) is 0 Å². The van der Waals surface area contributed by atoms with Crippen molar-refractivity contribution in [1.29, 1.82) is 0 Å². The molecule has 1 rings (SSSR count). The fourth-order valence-corrected chi connectivity index (χ4v) is 1.36. The van der Waals surface area contributed by atoms with Gasteiger partial charge in [-0.1, -0.05) is 23.2 Å². The molecular weight excluding hydrogens is 197 g/mol. The van der Waals surface area contributed by atoms with Crippen molar-refractivity contribution >= 4 is 23.2 Å². The van der Waals surface area contributed by atoms with Gasteiger partial charge in [0.25, 0.3) is 0 Å². The normalized spacial score (nSPS) is 30.1. The molecule has 1 aliphatic carbocycles. The molecule has 0 bridgehead atoms. The zero-order valence-electron chi connectivity index (χ0n) is 7.02. The van der Waals surface area contributed by atoms with Crippen LogP contribution in [0.5, 0.6) is 0 Å². The van der Waals surface area contributed by atoms with Crippen molar-refractivity contribution in [2.75, 3.05) is 13.7 Å². The summed E-state index contributed by atoms with van der Waals surface area (Å²) in [4.78, 5) is 0. The van der Waals surface area contributed by atoms with Gasteiger partial charge in [0.1, 0.15) is 0 Å². The van der Waals surface area contributed by atoms with Gasteiger partial charge < -0.3 is 10.1 Å². The standard InChI is InChI=1S/C8H13Cl2NO/c1-12-8-2-7(3-8)11-5-6(10)4-9/h4,7-8,11H,2-3,5H2,1H3. The number of hydrogen-bond acceptors (Lipinski definition) is 2. The molecule has 0 saturated heterocycles. The summed E-state index contributed by atoms with van der Waals surface area (Å²) in [6.45, 7) is 0.659. The average molecular weight is 210 g/mol. The Morgan fingerprint density at radius 1 is 1.67 bits per heavy atom. The van der Waals surface area contributed by atoms with Crippen molar-refractivity contribution in [3.05, 3.63) is 10.6 Å². The fourth-order valence-electron chi connectivity index (χ4n) is 1.21. The number of ether oxygens (including phenoxy) is 1. The average Bonchev–Trinajstić information content (AvgIpc) is 2.01. The Bertz CT molecular complexity index is 166. The van der Waals surface area contributed by atoms with Gasteiger partial charge in [-0.3, -0.25) is 0 Å². The smallest absolute Gasteiger partial charge is 0.0601 e. The molecule has 0 aromatic rings. The summed E-state index contributed by atoms with van der Waals surface area (Å²) in [7, 11) is 1.74. The molecule has 0 heterocycles. The predicted octanol–water partition coefficient (Wildman–Crippen LogP) is 2.07. The Hall–Kier alpha value is 0.240. The maximum Gasteiger partial charge on any atom is 0.0601 e. The minimum Gasteiger partial charge on any atom is -0.381 e. The van der Waals surface area contributed by atoms with Crippen LogP contribution in [0.2, 0.25) is 0 Å². The second-order valence-electron chi connectivity index (χ2n) is 2.96. The lowest BCUT2D eigenvalue weighted by atomic mass is 9.89. The third kappa shape index (κ3) is 2.94. The molecule has 1 aliphatic rings. The number of rotatable bonds is 4. The molecule has 1 fully saturated rings. The SMILES string of the molecule is COC1CC(NCC(Cl)=CCl)C1. The van der Waals surface area contributed by atoms with Crippen LogP contribution in [0.3, 0.4) is 0 Å². The summed E-state index contributed by atoms with van der Waals surface area (Å²) in [5.41, 5.74) is 1.39. The minimum atomic E-state index is 0.432. The highest BCUT2D eigenvalue weighted by molar-refractivity contribution is 6.36. The molecule has 0 unspecified atom stereocenters. The third-order valence-corrected chi connectivity index (χ3v) is 2.72. The summed E-state index contributed by atoms with van der Waals surface area (Å²) in [6.07, 6.45) is 2.58. The first-order valence-electron chi connectivity index (χ1n) is 3.97. The first-order valence-corrected chi connectivity index (χ1v) is 4.78. The molecular formula is C8H13Cl2NO. The fraction of sp³-hybridized carbons (Fsp3) is 0.750. The second-order valence-corrected chi connectivity index (χ2v) is 3.67. The second kappa shape index (κ2) is 5.07. The summed E-state index contributed by atoms with van der Waals surface area (Å²) < 4.78 is 5.14. The van der Waals surface area contributed by atoms with Crippen LogP contribution in [0.25, 0.3) is 0 Å². The van der Waals surface area contributed by atoms with E-state index in [0.29, 0.717) is 23.7 Å². The van der Waals surface area contributed by atoms with Crippen molar-refractivity contribution in [2.24, 2.45) is 0 Å². The van der Waals surface area contributed by atoms with E-state index in [1.165, 1.54) is 5.54 Å². The lowest BCUT2D eigenvalue weighted by Crippen LogP contribution is -2.45. The maximum atomic E-state index is 5.70. The first-order chi connectivity index (χ1) is 5.76. The highest BCUT2D eigenvalue weighted by atomic mass is 35.5. The summed E-state index contributed by atoms with van der Waals surface area (Å²) >= 11 is 11.1. The van der Waals surface area contributed by atoms with Gasteiger partial charge in [-0.05, 0) is 12.8 Å². The number of hydrogen-bond donors (Lipinski definition) is 1. The van der Waals surface area contributed by atoms with Crippen LogP contribution in [-0.2, 0) is 4.74 Å². The Balaban J connectivity index is 2.04. The quantitative estimate of drug-likeness (QED) is 0.766.